The maximum atomic E-state index is 11.7. The van der Waals surface area contributed by atoms with E-state index >= 15 is 0 Å². The average Bonchev–Trinajstić information content (AvgIpc) is 2.28. The molecular weight excluding hydrogens is 200 g/mol. The summed E-state index contributed by atoms with van der Waals surface area (Å²) in [5.41, 5.74) is 2.42. The highest BCUT2D eigenvalue weighted by molar-refractivity contribution is 5.72. The first kappa shape index (κ1) is 13.0. The molecule has 90 valence electrons. The molecule has 2 unspecified atom stereocenters. The van der Waals surface area contributed by atoms with Crippen molar-refractivity contribution < 1.29 is 9.53 Å². The molecule has 0 aliphatic heterocycles. The quantitative estimate of drug-likeness (QED) is 0.679. The molecule has 0 aromatic carbocycles. The molecule has 2 heteroatoms. The molecule has 0 N–H and O–H groups in total. The van der Waals surface area contributed by atoms with Crippen LogP contribution in [0.3, 0.4) is 0 Å². The van der Waals surface area contributed by atoms with Gasteiger partial charge in [-0.2, -0.15) is 0 Å². The summed E-state index contributed by atoms with van der Waals surface area (Å²) in [4.78, 5) is 11.7. The third-order valence-corrected chi connectivity index (χ3v) is 3.35. The molecule has 0 fully saturated rings. The van der Waals surface area contributed by atoms with Crippen LogP contribution in [0.15, 0.2) is 23.8 Å². The Morgan fingerprint density at radius 3 is 2.94 bits per heavy atom. The van der Waals surface area contributed by atoms with Gasteiger partial charge in [0.05, 0.1) is 5.92 Å². The molecule has 1 rings (SSSR count). The van der Waals surface area contributed by atoms with Gasteiger partial charge in [0.1, 0.15) is 6.10 Å². The highest BCUT2D eigenvalue weighted by Crippen LogP contribution is 2.28. The first-order chi connectivity index (χ1) is 7.60. The van der Waals surface area contributed by atoms with Crippen LogP contribution in [0.5, 0.6) is 0 Å². The Labute approximate surface area is 98.4 Å². The second-order valence-corrected chi connectivity index (χ2v) is 4.57. The van der Waals surface area contributed by atoms with Crippen molar-refractivity contribution in [2.75, 3.05) is 0 Å². The van der Waals surface area contributed by atoms with Gasteiger partial charge in [0.15, 0.2) is 0 Å². The number of carbonyl (C=O) groups is 1. The average molecular weight is 222 g/mol. The first-order valence-electron chi connectivity index (χ1n) is 6.12. The van der Waals surface area contributed by atoms with Gasteiger partial charge in [-0.05, 0) is 38.2 Å². The Hall–Kier alpha value is -1.05. The monoisotopic (exact) mass is 222 g/mol. The summed E-state index contributed by atoms with van der Waals surface area (Å²) in [5.74, 6) is -0.0881. The molecule has 2 nitrogen and oxygen atoms in total. The summed E-state index contributed by atoms with van der Waals surface area (Å²) in [6.45, 7) is 9.82. The predicted molar refractivity (Wildman–Crippen MR) is 66.1 cm³/mol. The van der Waals surface area contributed by atoms with Crippen molar-refractivity contribution in [2.45, 2.75) is 52.6 Å². The predicted octanol–water partition coefficient (Wildman–Crippen LogP) is 3.63. The minimum absolute atomic E-state index is 0.00621. The standard InChI is InChI=1S/C14H22O2/c1-5-10(3)14(15)16-13-9-7-8-11(4)12(13)6-2/h6,10,13H,2,5,7-9H2,1,3-4H3. The van der Waals surface area contributed by atoms with Crippen molar-refractivity contribution >= 4 is 5.97 Å². The van der Waals surface area contributed by atoms with E-state index in [1.807, 2.05) is 19.9 Å². The van der Waals surface area contributed by atoms with E-state index in [0.717, 1.165) is 31.3 Å². The lowest BCUT2D eigenvalue weighted by Gasteiger charge is -2.26. The molecule has 0 bridgehead atoms. The Balaban J connectivity index is 2.70. The van der Waals surface area contributed by atoms with Crippen LogP contribution in [0.4, 0.5) is 0 Å². The van der Waals surface area contributed by atoms with Gasteiger partial charge in [-0.3, -0.25) is 4.79 Å². The summed E-state index contributed by atoms with van der Waals surface area (Å²) in [7, 11) is 0. The maximum absolute atomic E-state index is 11.7. The highest BCUT2D eigenvalue weighted by Gasteiger charge is 2.24. The van der Waals surface area contributed by atoms with Crippen LogP contribution >= 0.6 is 0 Å². The van der Waals surface area contributed by atoms with Crippen LogP contribution in [-0.2, 0) is 9.53 Å². The molecule has 0 saturated carbocycles. The second-order valence-electron chi connectivity index (χ2n) is 4.57. The van der Waals surface area contributed by atoms with Gasteiger partial charge in [0.25, 0.3) is 0 Å². The molecule has 0 amide bonds. The topological polar surface area (TPSA) is 26.3 Å². The van der Waals surface area contributed by atoms with Crippen molar-refractivity contribution in [3.8, 4) is 0 Å². The van der Waals surface area contributed by atoms with Gasteiger partial charge < -0.3 is 4.74 Å². The van der Waals surface area contributed by atoms with E-state index in [4.69, 9.17) is 4.74 Å². The van der Waals surface area contributed by atoms with Crippen LogP contribution in [0.1, 0.15) is 46.5 Å². The fraction of sp³-hybridized carbons (Fsp3) is 0.643. The van der Waals surface area contributed by atoms with Gasteiger partial charge in [-0.1, -0.05) is 32.1 Å². The molecule has 0 radical (unpaired) electrons. The second kappa shape index (κ2) is 5.88. The molecular formula is C14H22O2. The van der Waals surface area contributed by atoms with E-state index in [9.17, 15) is 4.79 Å². The molecule has 0 heterocycles. The van der Waals surface area contributed by atoms with Crippen LogP contribution in [-0.4, -0.2) is 12.1 Å². The van der Waals surface area contributed by atoms with Gasteiger partial charge >= 0.3 is 5.97 Å². The largest absolute Gasteiger partial charge is 0.457 e. The Morgan fingerprint density at radius 2 is 2.38 bits per heavy atom. The SMILES string of the molecule is C=CC1=C(C)CCCC1OC(=O)C(C)CC. The summed E-state index contributed by atoms with van der Waals surface area (Å²) in [6, 6.07) is 0. The first-order valence-corrected chi connectivity index (χ1v) is 6.12. The van der Waals surface area contributed by atoms with E-state index in [1.165, 1.54) is 5.57 Å². The van der Waals surface area contributed by atoms with Crippen molar-refractivity contribution in [1.82, 2.24) is 0 Å². The third-order valence-electron chi connectivity index (χ3n) is 3.35. The van der Waals surface area contributed by atoms with Crippen LogP contribution in [0, 0.1) is 5.92 Å². The number of esters is 1. The summed E-state index contributed by atoms with van der Waals surface area (Å²) < 4.78 is 5.55. The van der Waals surface area contributed by atoms with Crippen LogP contribution in [0.25, 0.3) is 0 Å². The minimum Gasteiger partial charge on any atom is -0.457 e. The molecule has 0 saturated heterocycles. The van der Waals surface area contributed by atoms with Crippen molar-refractivity contribution in [2.24, 2.45) is 5.92 Å². The lowest BCUT2D eigenvalue weighted by molar-refractivity contribution is -0.152. The number of allylic oxidation sites excluding steroid dienone is 1. The Kier molecular flexibility index (Phi) is 4.78. The summed E-state index contributed by atoms with van der Waals surface area (Å²) in [6.07, 6.45) is 5.73. The van der Waals surface area contributed by atoms with E-state index < -0.39 is 0 Å². The normalized spacial score (nSPS) is 22.8. The van der Waals surface area contributed by atoms with E-state index in [-0.39, 0.29) is 18.0 Å². The molecule has 0 spiro atoms. The number of carbonyl (C=O) groups excluding carboxylic acids is 1. The number of hydrogen-bond donors (Lipinski definition) is 0. The van der Waals surface area contributed by atoms with Crippen LogP contribution < -0.4 is 0 Å². The number of rotatable bonds is 4. The van der Waals surface area contributed by atoms with E-state index in [0.29, 0.717) is 0 Å². The maximum Gasteiger partial charge on any atom is 0.309 e. The van der Waals surface area contributed by atoms with Gasteiger partial charge in [-0.15, -0.1) is 0 Å². The summed E-state index contributed by atoms with van der Waals surface area (Å²) >= 11 is 0. The molecule has 0 aromatic rings. The Morgan fingerprint density at radius 1 is 1.69 bits per heavy atom. The number of ether oxygens (including phenoxy) is 1. The van der Waals surface area contributed by atoms with Gasteiger partial charge in [0.2, 0.25) is 0 Å². The lowest BCUT2D eigenvalue weighted by atomic mass is 9.90. The van der Waals surface area contributed by atoms with Crippen molar-refractivity contribution in [3.05, 3.63) is 23.8 Å². The fourth-order valence-corrected chi connectivity index (χ4v) is 1.98. The zero-order chi connectivity index (χ0) is 12.1. The number of hydrogen-bond acceptors (Lipinski definition) is 2. The molecule has 1 aliphatic carbocycles. The zero-order valence-corrected chi connectivity index (χ0v) is 10.6. The van der Waals surface area contributed by atoms with Crippen molar-refractivity contribution in [3.63, 3.8) is 0 Å². The molecule has 1 aliphatic rings. The van der Waals surface area contributed by atoms with Crippen molar-refractivity contribution in [1.29, 1.82) is 0 Å². The smallest absolute Gasteiger partial charge is 0.309 e. The lowest BCUT2D eigenvalue weighted by Crippen LogP contribution is -2.26. The molecule has 0 aromatic heterocycles. The highest BCUT2D eigenvalue weighted by atomic mass is 16.5. The fourth-order valence-electron chi connectivity index (χ4n) is 1.98. The van der Waals surface area contributed by atoms with E-state index in [2.05, 4.69) is 13.5 Å². The van der Waals surface area contributed by atoms with Gasteiger partial charge in [-0.25, -0.2) is 0 Å². The summed E-state index contributed by atoms with van der Waals surface area (Å²) in [5, 5.41) is 0. The zero-order valence-electron chi connectivity index (χ0n) is 10.6. The third kappa shape index (κ3) is 2.97. The minimum atomic E-state index is -0.0819. The molecule has 16 heavy (non-hydrogen) atoms. The molecule has 2 atom stereocenters. The van der Waals surface area contributed by atoms with E-state index in [1.54, 1.807) is 0 Å². The Bertz CT molecular complexity index is 302. The van der Waals surface area contributed by atoms with Gasteiger partial charge in [0, 0.05) is 0 Å². The van der Waals surface area contributed by atoms with Crippen LogP contribution in [0.2, 0.25) is 0 Å².